The van der Waals surface area contributed by atoms with Gasteiger partial charge >= 0.3 is 0 Å². The van der Waals surface area contributed by atoms with Crippen molar-refractivity contribution in [1.82, 2.24) is 10.2 Å². The minimum atomic E-state index is 0.127. The maximum absolute atomic E-state index is 9.90. The highest BCUT2D eigenvalue weighted by atomic mass is 16.5. The van der Waals surface area contributed by atoms with E-state index >= 15 is 0 Å². The predicted octanol–water partition coefficient (Wildman–Crippen LogP) is 0.815. The summed E-state index contributed by atoms with van der Waals surface area (Å²) < 4.78 is 10.3. The minimum absolute atomic E-state index is 0.127. The number of benzene rings is 1. The van der Waals surface area contributed by atoms with Crippen LogP contribution < -0.4 is 14.8 Å². The molecule has 0 amide bonds. The molecule has 0 radical (unpaired) electrons. The van der Waals surface area contributed by atoms with Gasteiger partial charge in [-0.3, -0.25) is 4.90 Å². The Labute approximate surface area is 107 Å². The summed E-state index contributed by atoms with van der Waals surface area (Å²) in [5, 5.41) is 13.2. The molecule has 18 heavy (non-hydrogen) atoms. The zero-order chi connectivity index (χ0) is 13.0. The highest BCUT2D eigenvalue weighted by Gasteiger charge is 2.15. The summed E-state index contributed by atoms with van der Waals surface area (Å²) >= 11 is 0. The fourth-order valence-electron chi connectivity index (χ4n) is 2.22. The lowest BCUT2D eigenvalue weighted by atomic mass is 10.1. The Hall–Kier alpha value is -1.46. The number of rotatable bonds is 4. The van der Waals surface area contributed by atoms with Crippen LogP contribution in [0.1, 0.15) is 5.56 Å². The number of phenols is 1. The van der Waals surface area contributed by atoms with Gasteiger partial charge in [0.2, 0.25) is 5.75 Å². The fourth-order valence-corrected chi connectivity index (χ4v) is 2.22. The summed E-state index contributed by atoms with van der Waals surface area (Å²) in [6, 6.07) is 3.66. The zero-order valence-corrected chi connectivity index (χ0v) is 10.9. The Morgan fingerprint density at radius 1 is 1.22 bits per heavy atom. The van der Waals surface area contributed by atoms with Crippen molar-refractivity contribution in [1.29, 1.82) is 0 Å². The molecule has 5 nitrogen and oxygen atoms in total. The number of ether oxygens (including phenoxy) is 2. The van der Waals surface area contributed by atoms with Crippen LogP contribution in [-0.2, 0) is 6.54 Å². The molecule has 1 aliphatic rings. The van der Waals surface area contributed by atoms with Gasteiger partial charge in [-0.05, 0) is 17.7 Å². The molecule has 5 heteroatoms. The molecular formula is C13H20N2O3. The maximum atomic E-state index is 9.90. The van der Waals surface area contributed by atoms with Gasteiger partial charge in [0.05, 0.1) is 14.2 Å². The third-order valence-corrected chi connectivity index (χ3v) is 3.13. The van der Waals surface area contributed by atoms with E-state index < -0.39 is 0 Å². The summed E-state index contributed by atoms with van der Waals surface area (Å²) in [4.78, 5) is 2.34. The highest BCUT2D eigenvalue weighted by molar-refractivity contribution is 5.53. The Bertz CT molecular complexity index is 403. The second-order valence-electron chi connectivity index (χ2n) is 4.38. The molecule has 2 N–H and O–H groups in total. The Morgan fingerprint density at radius 3 is 2.56 bits per heavy atom. The van der Waals surface area contributed by atoms with E-state index in [4.69, 9.17) is 9.47 Å². The average Bonchev–Trinajstić information content (AvgIpc) is 2.39. The predicted molar refractivity (Wildman–Crippen MR) is 69.4 cm³/mol. The van der Waals surface area contributed by atoms with Crippen LogP contribution in [0, 0.1) is 0 Å². The van der Waals surface area contributed by atoms with E-state index in [1.807, 2.05) is 6.07 Å². The van der Waals surface area contributed by atoms with E-state index in [0.717, 1.165) is 38.3 Å². The smallest absolute Gasteiger partial charge is 0.203 e. The van der Waals surface area contributed by atoms with Crippen LogP contribution in [0.5, 0.6) is 17.2 Å². The topological polar surface area (TPSA) is 54.0 Å². The van der Waals surface area contributed by atoms with Crippen LogP contribution in [0.4, 0.5) is 0 Å². The van der Waals surface area contributed by atoms with E-state index in [0.29, 0.717) is 11.5 Å². The van der Waals surface area contributed by atoms with Crippen molar-refractivity contribution in [2.24, 2.45) is 0 Å². The van der Waals surface area contributed by atoms with Gasteiger partial charge in [0.1, 0.15) is 0 Å². The zero-order valence-electron chi connectivity index (χ0n) is 10.9. The second-order valence-corrected chi connectivity index (χ2v) is 4.38. The molecule has 0 saturated carbocycles. The monoisotopic (exact) mass is 252 g/mol. The van der Waals surface area contributed by atoms with Crippen molar-refractivity contribution in [3.63, 3.8) is 0 Å². The quantitative estimate of drug-likeness (QED) is 0.830. The molecule has 100 valence electrons. The lowest BCUT2D eigenvalue weighted by Crippen LogP contribution is -2.42. The molecule has 0 unspecified atom stereocenters. The summed E-state index contributed by atoms with van der Waals surface area (Å²) in [6.07, 6.45) is 0. The molecule has 2 rings (SSSR count). The van der Waals surface area contributed by atoms with Crippen LogP contribution >= 0.6 is 0 Å². The Balaban J connectivity index is 2.15. The molecule has 1 saturated heterocycles. The highest BCUT2D eigenvalue weighted by Crippen LogP contribution is 2.37. The molecule has 0 spiro atoms. The third-order valence-electron chi connectivity index (χ3n) is 3.13. The van der Waals surface area contributed by atoms with Gasteiger partial charge in [-0.1, -0.05) is 0 Å². The normalized spacial score (nSPS) is 16.6. The molecular weight excluding hydrogens is 232 g/mol. The summed E-state index contributed by atoms with van der Waals surface area (Å²) in [7, 11) is 3.10. The average molecular weight is 252 g/mol. The summed E-state index contributed by atoms with van der Waals surface area (Å²) in [5.41, 5.74) is 1.03. The van der Waals surface area contributed by atoms with Crippen molar-refractivity contribution in [3.05, 3.63) is 17.7 Å². The molecule has 1 fully saturated rings. The maximum Gasteiger partial charge on any atom is 0.203 e. The van der Waals surface area contributed by atoms with Gasteiger partial charge in [-0.2, -0.15) is 0 Å². The van der Waals surface area contributed by atoms with Crippen LogP contribution in [0.2, 0.25) is 0 Å². The molecule has 0 atom stereocenters. The second kappa shape index (κ2) is 5.93. The van der Waals surface area contributed by atoms with E-state index in [1.54, 1.807) is 13.2 Å². The molecule has 0 bridgehead atoms. The van der Waals surface area contributed by atoms with E-state index in [9.17, 15) is 5.11 Å². The molecule has 1 heterocycles. The SMILES string of the molecule is COc1cc(CN2CCNCC2)cc(O)c1OC. The molecule has 1 aromatic rings. The molecule has 0 aromatic heterocycles. The van der Waals surface area contributed by atoms with Crippen molar-refractivity contribution >= 4 is 0 Å². The van der Waals surface area contributed by atoms with Gasteiger partial charge < -0.3 is 19.9 Å². The van der Waals surface area contributed by atoms with Gasteiger partial charge in [0.25, 0.3) is 0 Å². The number of nitrogens with one attached hydrogen (secondary N) is 1. The van der Waals surface area contributed by atoms with E-state index in [-0.39, 0.29) is 5.75 Å². The Kier molecular flexibility index (Phi) is 4.28. The van der Waals surface area contributed by atoms with Gasteiger partial charge in [0, 0.05) is 32.7 Å². The number of methoxy groups -OCH3 is 2. The van der Waals surface area contributed by atoms with Gasteiger partial charge in [0.15, 0.2) is 11.5 Å². The molecule has 1 aliphatic heterocycles. The largest absolute Gasteiger partial charge is 0.504 e. The Morgan fingerprint density at radius 2 is 1.94 bits per heavy atom. The lowest BCUT2D eigenvalue weighted by molar-refractivity contribution is 0.232. The van der Waals surface area contributed by atoms with Gasteiger partial charge in [-0.15, -0.1) is 0 Å². The third kappa shape index (κ3) is 2.86. The first-order valence-electron chi connectivity index (χ1n) is 6.11. The lowest BCUT2D eigenvalue weighted by Gasteiger charge is -2.27. The number of nitrogens with zero attached hydrogens (tertiary/aromatic N) is 1. The van der Waals surface area contributed by atoms with Crippen molar-refractivity contribution in [3.8, 4) is 17.2 Å². The number of hydrogen-bond acceptors (Lipinski definition) is 5. The van der Waals surface area contributed by atoms with E-state index in [2.05, 4.69) is 10.2 Å². The molecule has 1 aromatic carbocycles. The number of phenolic OH excluding ortho intramolecular Hbond substituents is 1. The van der Waals surface area contributed by atoms with Gasteiger partial charge in [-0.25, -0.2) is 0 Å². The van der Waals surface area contributed by atoms with Crippen molar-refractivity contribution in [2.75, 3.05) is 40.4 Å². The first kappa shape index (κ1) is 13.0. The van der Waals surface area contributed by atoms with Crippen molar-refractivity contribution in [2.45, 2.75) is 6.54 Å². The van der Waals surface area contributed by atoms with Crippen LogP contribution in [0.15, 0.2) is 12.1 Å². The van der Waals surface area contributed by atoms with E-state index in [1.165, 1.54) is 7.11 Å². The first-order chi connectivity index (χ1) is 8.74. The number of hydrogen-bond donors (Lipinski definition) is 2. The fraction of sp³-hybridized carbons (Fsp3) is 0.538. The standard InChI is InChI=1S/C13H20N2O3/c1-17-12-8-10(7-11(16)13(12)18-2)9-15-5-3-14-4-6-15/h7-8,14,16H,3-6,9H2,1-2H3. The number of piperazine rings is 1. The first-order valence-corrected chi connectivity index (χ1v) is 6.11. The molecule has 0 aliphatic carbocycles. The van der Waals surface area contributed by atoms with Crippen LogP contribution in [-0.4, -0.2) is 50.4 Å². The summed E-state index contributed by atoms with van der Waals surface area (Å²) in [6.45, 7) is 4.89. The summed E-state index contributed by atoms with van der Waals surface area (Å²) in [5.74, 6) is 1.09. The van der Waals surface area contributed by atoms with Crippen LogP contribution in [0.25, 0.3) is 0 Å². The number of aromatic hydroxyl groups is 1. The van der Waals surface area contributed by atoms with Crippen LogP contribution in [0.3, 0.4) is 0 Å². The minimum Gasteiger partial charge on any atom is -0.504 e. The van der Waals surface area contributed by atoms with Crippen molar-refractivity contribution < 1.29 is 14.6 Å².